The van der Waals surface area contributed by atoms with Gasteiger partial charge in [-0.2, -0.15) is 0 Å². The number of rotatable bonds is 5. The van der Waals surface area contributed by atoms with Crippen molar-refractivity contribution >= 4 is 0 Å². The zero-order valence-electron chi connectivity index (χ0n) is 16.3. The molecule has 0 aliphatic rings. The van der Waals surface area contributed by atoms with Crippen LogP contribution < -0.4 is 0 Å². The van der Waals surface area contributed by atoms with Crippen LogP contribution in [-0.4, -0.2) is 14.1 Å². The van der Waals surface area contributed by atoms with Crippen molar-refractivity contribution in [2.75, 3.05) is 0 Å². The Morgan fingerprint density at radius 1 is 0.840 bits per heavy atom. The third-order valence-electron chi connectivity index (χ3n) is 5.09. The Bertz CT molecular complexity index is 844. The first-order valence-corrected chi connectivity index (χ1v) is 9.14. The van der Waals surface area contributed by atoms with Crippen LogP contribution in [0.4, 0.5) is 0 Å². The van der Waals surface area contributed by atoms with E-state index in [0.29, 0.717) is 6.04 Å². The van der Waals surface area contributed by atoms with E-state index in [1.54, 1.807) is 0 Å². The summed E-state index contributed by atoms with van der Waals surface area (Å²) in [5.74, 6) is 1.04. The van der Waals surface area contributed by atoms with E-state index in [4.69, 9.17) is 4.98 Å². The molecule has 0 aromatic carbocycles. The topological polar surface area (TPSA) is 22.8 Å². The maximum atomic E-state index is 4.95. The molecule has 0 spiro atoms. The molecule has 132 valence electrons. The van der Waals surface area contributed by atoms with Crippen LogP contribution in [0.25, 0.3) is 5.82 Å². The van der Waals surface area contributed by atoms with Gasteiger partial charge in [-0.1, -0.05) is 0 Å². The van der Waals surface area contributed by atoms with Crippen LogP contribution in [0.2, 0.25) is 0 Å². The number of aryl methyl sites for hydroxylation is 6. The lowest BCUT2D eigenvalue weighted by atomic mass is 10.1. The highest BCUT2D eigenvalue weighted by atomic mass is 15.1. The first kappa shape index (κ1) is 17.5. The van der Waals surface area contributed by atoms with Crippen LogP contribution >= 0.6 is 0 Å². The van der Waals surface area contributed by atoms with Crippen LogP contribution in [0.3, 0.4) is 0 Å². The van der Waals surface area contributed by atoms with Gasteiger partial charge in [-0.3, -0.25) is 0 Å². The average molecular weight is 335 g/mol. The van der Waals surface area contributed by atoms with Crippen molar-refractivity contribution in [1.82, 2.24) is 14.1 Å². The molecule has 3 aromatic rings. The normalized spacial score (nSPS) is 12.6. The summed E-state index contributed by atoms with van der Waals surface area (Å²) in [5.41, 5.74) is 7.58. The summed E-state index contributed by atoms with van der Waals surface area (Å²) in [7, 11) is 0. The fraction of sp³-hybridized carbons (Fsp3) is 0.409. The molecule has 3 heterocycles. The Labute approximate surface area is 151 Å². The molecule has 0 N–H and O–H groups in total. The lowest BCUT2D eigenvalue weighted by Gasteiger charge is -2.19. The molecule has 25 heavy (non-hydrogen) atoms. The summed E-state index contributed by atoms with van der Waals surface area (Å²) in [5, 5.41) is 0. The molecule has 0 bridgehead atoms. The number of hydrogen-bond donors (Lipinski definition) is 0. The van der Waals surface area contributed by atoms with Crippen LogP contribution in [-0.2, 0) is 6.42 Å². The molecule has 0 radical (unpaired) electrons. The summed E-state index contributed by atoms with van der Waals surface area (Å²) < 4.78 is 4.66. The van der Waals surface area contributed by atoms with E-state index >= 15 is 0 Å². The Hall–Kier alpha value is -2.29. The highest BCUT2D eigenvalue weighted by molar-refractivity contribution is 5.35. The highest BCUT2D eigenvalue weighted by Gasteiger charge is 2.12. The van der Waals surface area contributed by atoms with Crippen molar-refractivity contribution in [3.8, 4) is 5.82 Å². The summed E-state index contributed by atoms with van der Waals surface area (Å²) in [6.45, 7) is 13.1. The van der Waals surface area contributed by atoms with Gasteiger partial charge < -0.3 is 9.13 Å². The van der Waals surface area contributed by atoms with Gasteiger partial charge in [0.15, 0.2) is 0 Å². The van der Waals surface area contributed by atoms with E-state index < -0.39 is 0 Å². The standard InChI is InChI=1S/C22H29N3/c1-15-13-21(12-11-18(4)24-16(2)7-8-17(24)3)23-22(14-15)25-19(5)9-10-20(25)6/h7-10,13-14,18H,11-12H2,1-6H3/t18-/m0/s1. The van der Waals surface area contributed by atoms with Crippen molar-refractivity contribution in [2.24, 2.45) is 0 Å². The van der Waals surface area contributed by atoms with E-state index in [0.717, 1.165) is 18.7 Å². The van der Waals surface area contributed by atoms with E-state index in [-0.39, 0.29) is 0 Å². The molecular weight excluding hydrogens is 306 g/mol. The Kier molecular flexibility index (Phi) is 4.85. The van der Waals surface area contributed by atoms with Gasteiger partial charge in [0, 0.05) is 34.5 Å². The maximum Gasteiger partial charge on any atom is 0.137 e. The predicted molar refractivity (Wildman–Crippen MR) is 105 cm³/mol. The van der Waals surface area contributed by atoms with Gasteiger partial charge in [-0.15, -0.1) is 0 Å². The van der Waals surface area contributed by atoms with Crippen molar-refractivity contribution < 1.29 is 0 Å². The van der Waals surface area contributed by atoms with E-state index in [1.807, 2.05) is 0 Å². The van der Waals surface area contributed by atoms with Crippen molar-refractivity contribution in [1.29, 1.82) is 0 Å². The maximum absolute atomic E-state index is 4.95. The number of pyridine rings is 1. The average Bonchev–Trinajstić information content (AvgIpc) is 3.06. The van der Waals surface area contributed by atoms with Crippen molar-refractivity contribution in [2.45, 2.75) is 60.4 Å². The largest absolute Gasteiger partial charge is 0.346 e. The van der Waals surface area contributed by atoms with E-state index in [9.17, 15) is 0 Å². The highest BCUT2D eigenvalue weighted by Crippen LogP contribution is 2.22. The van der Waals surface area contributed by atoms with Crippen LogP contribution in [0.5, 0.6) is 0 Å². The molecule has 1 atom stereocenters. The molecule has 0 aliphatic heterocycles. The SMILES string of the molecule is Cc1cc(CC[C@H](C)n2c(C)ccc2C)nc(-n2c(C)ccc2C)c1. The smallest absolute Gasteiger partial charge is 0.137 e. The van der Waals surface area contributed by atoms with Gasteiger partial charge in [-0.05, 0) is 96.3 Å². The lowest BCUT2D eigenvalue weighted by molar-refractivity contribution is 0.488. The first-order chi connectivity index (χ1) is 11.9. The minimum atomic E-state index is 0.482. The lowest BCUT2D eigenvalue weighted by Crippen LogP contribution is -2.11. The molecule has 0 amide bonds. The second-order valence-electron chi connectivity index (χ2n) is 7.32. The molecule has 0 aliphatic carbocycles. The monoisotopic (exact) mass is 335 g/mol. The van der Waals surface area contributed by atoms with E-state index in [2.05, 4.69) is 87.1 Å². The Balaban J connectivity index is 1.82. The molecule has 0 saturated heterocycles. The fourth-order valence-corrected chi connectivity index (χ4v) is 3.85. The van der Waals surface area contributed by atoms with Gasteiger partial charge in [0.05, 0.1) is 0 Å². The summed E-state index contributed by atoms with van der Waals surface area (Å²) in [4.78, 5) is 4.95. The van der Waals surface area contributed by atoms with Gasteiger partial charge in [0.25, 0.3) is 0 Å². The molecule has 0 unspecified atom stereocenters. The Morgan fingerprint density at radius 2 is 1.40 bits per heavy atom. The molecule has 3 aromatic heterocycles. The zero-order chi connectivity index (χ0) is 18.1. The van der Waals surface area contributed by atoms with Gasteiger partial charge in [-0.25, -0.2) is 4.98 Å². The molecule has 3 rings (SSSR count). The molecule has 0 fully saturated rings. The summed E-state index contributed by atoms with van der Waals surface area (Å²) in [6.07, 6.45) is 2.09. The summed E-state index contributed by atoms with van der Waals surface area (Å²) in [6, 6.07) is 13.6. The van der Waals surface area contributed by atoms with Gasteiger partial charge in [0.2, 0.25) is 0 Å². The zero-order valence-corrected chi connectivity index (χ0v) is 16.3. The third-order valence-corrected chi connectivity index (χ3v) is 5.09. The van der Waals surface area contributed by atoms with Crippen LogP contribution in [0.1, 0.15) is 53.4 Å². The molecular formula is C22H29N3. The van der Waals surface area contributed by atoms with Gasteiger partial charge in [0.1, 0.15) is 5.82 Å². The van der Waals surface area contributed by atoms with Crippen LogP contribution in [0, 0.1) is 34.6 Å². The van der Waals surface area contributed by atoms with Crippen molar-refractivity contribution in [3.05, 3.63) is 70.4 Å². The predicted octanol–water partition coefficient (Wildman–Crippen LogP) is 5.41. The summed E-state index contributed by atoms with van der Waals surface area (Å²) >= 11 is 0. The quantitative estimate of drug-likeness (QED) is 0.611. The first-order valence-electron chi connectivity index (χ1n) is 9.14. The number of hydrogen-bond acceptors (Lipinski definition) is 1. The van der Waals surface area contributed by atoms with E-state index in [1.165, 1.54) is 34.0 Å². The number of aromatic nitrogens is 3. The van der Waals surface area contributed by atoms with Gasteiger partial charge >= 0.3 is 0 Å². The molecule has 3 nitrogen and oxygen atoms in total. The third kappa shape index (κ3) is 3.55. The fourth-order valence-electron chi connectivity index (χ4n) is 3.85. The number of nitrogens with zero attached hydrogens (tertiary/aromatic N) is 3. The minimum Gasteiger partial charge on any atom is -0.346 e. The Morgan fingerprint density at radius 3 is 2.00 bits per heavy atom. The molecule has 0 saturated carbocycles. The second-order valence-corrected chi connectivity index (χ2v) is 7.32. The van der Waals surface area contributed by atoms with Crippen molar-refractivity contribution in [3.63, 3.8) is 0 Å². The molecule has 3 heteroatoms. The second kappa shape index (κ2) is 6.91. The van der Waals surface area contributed by atoms with Crippen LogP contribution in [0.15, 0.2) is 36.4 Å². The minimum absolute atomic E-state index is 0.482.